The SMILES string of the molecule is CNC(C)c1c(F)cccc1N1CCN(C)C(C)(C)C1. The number of nitrogens with zero attached hydrogens (tertiary/aromatic N) is 2. The Hall–Kier alpha value is -1.13. The Kier molecular flexibility index (Phi) is 4.35. The van der Waals surface area contributed by atoms with Crippen LogP contribution in [0.3, 0.4) is 0 Å². The monoisotopic (exact) mass is 279 g/mol. The first-order valence-corrected chi connectivity index (χ1v) is 7.28. The van der Waals surface area contributed by atoms with Gasteiger partial charge in [0.25, 0.3) is 0 Å². The molecule has 1 N–H and O–H groups in total. The number of hydrogen-bond acceptors (Lipinski definition) is 3. The summed E-state index contributed by atoms with van der Waals surface area (Å²) < 4.78 is 14.2. The summed E-state index contributed by atoms with van der Waals surface area (Å²) in [6.07, 6.45) is 0. The number of likely N-dealkylation sites (N-methyl/N-ethyl adjacent to an activating group) is 1. The first kappa shape index (κ1) is 15.3. The number of piperazine rings is 1. The number of anilines is 1. The van der Waals surface area contributed by atoms with Crippen LogP contribution in [0.15, 0.2) is 18.2 Å². The summed E-state index contributed by atoms with van der Waals surface area (Å²) in [6, 6.07) is 5.40. The van der Waals surface area contributed by atoms with E-state index in [9.17, 15) is 4.39 Å². The maximum absolute atomic E-state index is 14.2. The van der Waals surface area contributed by atoms with Gasteiger partial charge in [-0.2, -0.15) is 0 Å². The number of hydrogen-bond donors (Lipinski definition) is 1. The minimum atomic E-state index is -0.124. The lowest BCUT2D eigenvalue weighted by Crippen LogP contribution is -2.58. The summed E-state index contributed by atoms with van der Waals surface area (Å²) in [4.78, 5) is 4.68. The summed E-state index contributed by atoms with van der Waals surface area (Å²) in [7, 11) is 4.02. The molecule has 0 bridgehead atoms. The molecule has 1 aliphatic rings. The Morgan fingerprint density at radius 3 is 2.60 bits per heavy atom. The highest BCUT2D eigenvalue weighted by Crippen LogP contribution is 2.32. The van der Waals surface area contributed by atoms with Crippen LogP contribution in [0.1, 0.15) is 32.4 Å². The first-order valence-electron chi connectivity index (χ1n) is 7.28. The molecular formula is C16H26FN3. The van der Waals surface area contributed by atoms with Gasteiger partial charge in [-0.15, -0.1) is 0 Å². The van der Waals surface area contributed by atoms with Crippen molar-refractivity contribution in [1.82, 2.24) is 10.2 Å². The van der Waals surface area contributed by atoms with Gasteiger partial charge in [0.1, 0.15) is 5.82 Å². The summed E-state index contributed by atoms with van der Waals surface area (Å²) in [6.45, 7) is 9.32. The van der Waals surface area contributed by atoms with Crippen LogP contribution in [0.25, 0.3) is 0 Å². The molecule has 0 radical (unpaired) electrons. The van der Waals surface area contributed by atoms with Crippen LogP contribution in [0.5, 0.6) is 0 Å². The molecule has 0 spiro atoms. The van der Waals surface area contributed by atoms with E-state index in [4.69, 9.17) is 0 Å². The molecule has 1 unspecified atom stereocenters. The van der Waals surface area contributed by atoms with E-state index in [1.165, 1.54) is 0 Å². The second-order valence-corrected chi connectivity index (χ2v) is 6.34. The molecule has 112 valence electrons. The highest BCUT2D eigenvalue weighted by Gasteiger charge is 2.32. The van der Waals surface area contributed by atoms with Gasteiger partial charge in [0.2, 0.25) is 0 Å². The van der Waals surface area contributed by atoms with Gasteiger partial charge >= 0.3 is 0 Å². The summed E-state index contributed by atoms with van der Waals surface area (Å²) in [5, 5.41) is 3.15. The Morgan fingerprint density at radius 1 is 1.30 bits per heavy atom. The van der Waals surface area contributed by atoms with Crippen molar-refractivity contribution in [2.75, 3.05) is 38.6 Å². The summed E-state index contributed by atoms with van der Waals surface area (Å²) in [5.74, 6) is -0.124. The molecule has 1 fully saturated rings. The van der Waals surface area contributed by atoms with Gasteiger partial charge in [0.05, 0.1) is 0 Å². The molecule has 0 aliphatic carbocycles. The molecule has 0 aromatic heterocycles. The zero-order chi connectivity index (χ0) is 14.9. The maximum atomic E-state index is 14.2. The molecule has 0 amide bonds. The van der Waals surface area contributed by atoms with Crippen LogP contribution in [-0.2, 0) is 0 Å². The highest BCUT2D eigenvalue weighted by atomic mass is 19.1. The molecule has 1 aromatic carbocycles. The molecule has 0 saturated carbocycles. The first-order chi connectivity index (χ1) is 9.36. The number of halogens is 1. The fraction of sp³-hybridized carbons (Fsp3) is 0.625. The number of nitrogens with one attached hydrogen (secondary N) is 1. The minimum Gasteiger partial charge on any atom is -0.368 e. The Labute approximate surface area is 121 Å². The lowest BCUT2D eigenvalue weighted by molar-refractivity contribution is 0.138. The van der Waals surface area contributed by atoms with Crippen molar-refractivity contribution in [1.29, 1.82) is 0 Å². The largest absolute Gasteiger partial charge is 0.368 e. The highest BCUT2D eigenvalue weighted by molar-refractivity contribution is 5.56. The molecule has 1 heterocycles. The van der Waals surface area contributed by atoms with Crippen molar-refractivity contribution in [3.63, 3.8) is 0 Å². The fourth-order valence-corrected chi connectivity index (χ4v) is 2.82. The van der Waals surface area contributed by atoms with E-state index < -0.39 is 0 Å². The molecule has 1 aliphatic heterocycles. The molecule has 4 heteroatoms. The third-order valence-corrected chi connectivity index (χ3v) is 4.55. The number of rotatable bonds is 3. The molecule has 1 saturated heterocycles. The van der Waals surface area contributed by atoms with Crippen LogP contribution in [0.4, 0.5) is 10.1 Å². The van der Waals surface area contributed by atoms with Crippen molar-refractivity contribution >= 4 is 5.69 Å². The van der Waals surface area contributed by atoms with Crippen LogP contribution < -0.4 is 10.2 Å². The lowest BCUT2D eigenvalue weighted by Gasteiger charge is -2.47. The quantitative estimate of drug-likeness (QED) is 0.917. The zero-order valence-corrected chi connectivity index (χ0v) is 13.2. The third-order valence-electron chi connectivity index (χ3n) is 4.55. The molecule has 1 atom stereocenters. The molecule has 1 aromatic rings. The van der Waals surface area contributed by atoms with Crippen molar-refractivity contribution in [2.45, 2.75) is 32.4 Å². The normalized spacial score (nSPS) is 21.0. The van der Waals surface area contributed by atoms with E-state index in [1.54, 1.807) is 6.07 Å². The van der Waals surface area contributed by atoms with Crippen LogP contribution in [0, 0.1) is 5.82 Å². The zero-order valence-electron chi connectivity index (χ0n) is 13.2. The van der Waals surface area contributed by atoms with Crippen molar-refractivity contribution < 1.29 is 4.39 Å². The molecule has 3 nitrogen and oxygen atoms in total. The Bertz CT molecular complexity index is 473. The van der Waals surface area contributed by atoms with Gasteiger partial charge in [-0.3, -0.25) is 4.90 Å². The van der Waals surface area contributed by atoms with Crippen molar-refractivity contribution in [3.8, 4) is 0 Å². The average Bonchev–Trinajstić information content (AvgIpc) is 2.40. The predicted octanol–water partition coefficient (Wildman–Crippen LogP) is 2.64. The third kappa shape index (κ3) is 2.81. The molecule has 2 rings (SSSR count). The second-order valence-electron chi connectivity index (χ2n) is 6.34. The lowest BCUT2D eigenvalue weighted by atomic mass is 9.97. The van der Waals surface area contributed by atoms with E-state index in [1.807, 2.05) is 26.1 Å². The summed E-state index contributed by atoms with van der Waals surface area (Å²) in [5.41, 5.74) is 1.90. The Balaban J connectivity index is 2.36. The fourth-order valence-electron chi connectivity index (χ4n) is 2.82. The van der Waals surface area contributed by atoms with Gasteiger partial charge in [-0.05, 0) is 47.0 Å². The van der Waals surface area contributed by atoms with E-state index in [2.05, 4.69) is 36.0 Å². The maximum Gasteiger partial charge on any atom is 0.130 e. The second kappa shape index (κ2) is 5.70. The average molecular weight is 279 g/mol. The minimum absolute atomic E-state index is 0.00830. The van der Waals surface area contributed by atoms with E-state index in [0.717, 1.165) is 30.9 Å². The van der Waals surface area contributed by atoms with E-state index >= 15 is 0 Å². The van der Waals surface area contributed by atoms with Gasteiger partial charge < -0.3 is 10.2 Å². The van der Waals surface area contributed by atoms with Gasteiger partial charge in [0.15, 0.2) is 0 Å². The van der Waals surface area contributed by atoms with Gasteiger partial charge in [-0.1, -0.05) is 6.07 Å². The topological polar surface area (TPSA) is 18.5 Å². The van der Waals surface area contributed by atoms with Crippen molar-refractivity contribution in [2.24, 2.45) is 0 Å². The molecule has 20 heavy (non-hydrogen) atoms. The predicted molar refractivity (Wildman–Crippen MR) is 82.8 cm³/mol. The van der Waals surface area contributed by atoms with Crippen LogP contribution >= 0.6 is 0 Å². The van der Waals surface area contributed by atoms with E-state index in [0.29, 0.717) is 0 Å². The van der Waals surface area contributed by atoms with Gasteiger partial charge in [0, 0.05) is 42.5 Å². The van der Waals surface area contributed by atoms with Crippen LogP contribution in [-0.4, -0.2) is 44.2 Å². The molecular weight excluding hydrogens is 253 g/mol. The van der Waals surface area contributed by atoms with Crippen LogP contribution in [0.2, 0.25) is 0 Å². The number of benzene rings is 1. The standard InChI is InChI=1S/C16H26FN3/c1-12(18-4)15-13(17)7-6-8-14(15)20-10-9-19(5)16(2,3)11-20/h6-8,12,18H,9-11H2,1-5H3. The Morgan fingerprint density at radius 2 is 2.00 bits per heavy atom. The van der Waals surface area contributed by atoms with Gasteiger partial charge in [-0.25, -0.2) is 4.39 Å². The van der Waals surface area contributed by atoms with E-state index in [-0.39, 0.29) is 17.4 Å². The van der Waals surface area contributed by atoms with Crippen molar-refractivity contribution in [3.05, 3.63) is 29.6 Å². The summed E-state index contributed by atoms with van der Waals surface area (Å²) >= 11 is 0. The smallest absolute Gasteiger partial charge is 0.130 e.